The molecule has 0 fully saturated rings. The van der Waals surface area contributed by atoms with Crippen LogP contribution >= 0.6 is 11.6 Å². The van der Waals surface area contributed by atoms with Gasteiger partial charge in [-0.1, -0.05) is 17.7 Å². The van der Waals surface area contributed by atoms with Crippen molar-refractivity contribution in [2.24, 2.45) is 0 Å². The number of rotatable bonds is 3. The van der Waals surface area contributed by atoms with Crippen LogP contribution in [0.5, 0.6) is 5.75 Å². The van der Waals surface area contributed by atoms with Crippen molar-refractivity contribution in [2.45, 2.75) is 0 Å². The average Bonchev–Trinajstić information content (AvgIpc) is 2.26. The number of benzene rings is 1. The summed E-state index contributed by atoms with van der Waals surface area (Å²) in [4.78, 5) is 10.9. The summed E-state index contributed by atoms with van der Waals surface area (Å²) in [6.45, 7) is 0. The molecule has 0 aliphatic heterocycles. The van der Waals surface area contributed by atoms with Crippen molar-refractivity contribution in [1.29, 1.82) is 0 Å². The second kappa shape index (κ2) is 5.41. The van der Waals surface area contributed by atoms with Gasteiger partial charge in [0.1, 0.15) is 5.75 Å². The standard InChI is InChI=1S/C11H11ClO3/c1-14-10-5-3-4-9(12)8(10)6-7-11(13)15-2/h3-7H,1-2H3/b7-6-. The molecule has 0 aliphatic carbocycles. The topological polar surface area (TPSA) is 35.5 Å². The summed E-state index contributed by atoms with van der Waals surface area (Å²) in [5.74, 6) is 0.180. The quantitative estimate of drug-likeness (QED) is 0.587. The molecule has 0 aliphatic rings. The van der Waals surface area contributed by atoms with Gasteiger partial charge in [-0.15, -0.1) is 0 Å². The van der Waals surface area contributed by atoms with Crippen molar-refractivity contribution in [3.8, 4) is 5.75 Å². The summed E-state index contributed by atoms with van der Waals surface area (Å²) in [5, 5.41) is 0.523. The zero-order chi connectivity index (χ0) is 11.3. The van der Waals surface area contributed by atoms with Gasteiger partial charge in [0.2, 0.25) is 0 Å². The van der Waals surface area contributed by atoms with E-state index in [1.54, 1.807) is 31.4 Å². The number of esters is 1. The van der Waals surface area contributed by atoms with E-state index in [4.69, 9.17) is 16.3 Å². The molecule has 0 bridgehead atoms. The Hall–Kier alpha value is -1.48. The van der Waals surface area contributed by atoms with E-state index in [1.807, 2.05) is 0 Å². The van der Waals surface area contributed by atoms with Gasteiger partial charge in [-0.2, -0.15) is 0 Å². The smallest absolute Gasteiger partial charge is 0.330 e. The lowest BCUT2D eigenvalue weighted by atomic mass is 10.2. The van der Waals surface area contributed by atoms with Gasteiger partial charge in [-0.05, 0) is 18.2 Å². The number of carbonyl (C=O) groups excluding carboxylic acids is 1. The first kappa shape index (κ1) is 11.6. The third-order valence-electron chi connectivity index (χ3n) is 1.82. The lowest BCUT2D eigenvalue weighted by Crippen LogP contribution is -1.94. The molecule has 0 radical (unpaired) electrons. The van der Waals surface area contributed by atoms with Crippen LogP contribution in [-0.2, 0) is 9.53 Å². The maximum Gasteiger partial charge on any atom is 0.330 e. The molecule has 0 heterocycles. The highest BCUT2D eigenvalue weighted by atomic mass is 35.5. The third kappa shape index (κ3) is 2.99. The van der Waals surface area contributed by atoms with E-state index in [0.717, 1.165) is 0 Å². The largest absolute Gasteiger partial charge is 0.496 e. The van der Waals surface area contributed by atoms with Gasteiger partial charge in [0.25, 0.3) is 0 Å². The highest BCUT2D eigenvalue weighted by Crippen LogP contribution is 2.27. The molecule has 4 heteroatoms. The number of methoxy groups -OCH3 is 2. The molecule has 1 rings (SSSR count). The number of ether oxygens (including phenoxy) is 2. The first-order valence-electron chi connectivity index (χ1n) is 4.27. The lowest BCUT2D eigenvalue weighted by Gasteiger charge is -2.05. The molecule has 0 saturated heterocycles. The summed E-state index contributed by atoms with van der Waals surface area (Å²) in [7, 11) is 2.86. The van der Waals surface area contributed by atoms with Crippen LogP contribution < -0.4 is 4.74 Å². The minimum atomic E-state index is -0.433. The molecule has 0 aromatic heterocycles. The van der Waals surface area contributed by atoms with E-state index in [1.165, 1.54) is 13.2 Å². The number of carbonyl (C=O) groups is 1. The number of hydrogen-bond acceptors (Lipinski definition) is 3. The fourth-order valence-electron chi connectivity index (χ4n) is 1.08. The number of halogens is 1. The first-order valence-corrected chi connectivity index (χ1v) is 4.65. The van der Waals surface area contributed by atoms with Gasteiger partial charge >= 0.3 is 5.97 Å². The monoisotopic (exact) mass is 226 g/mol. The van der Waals surface area contributed by atoms with E-state index < -0.39 is 5.97 Å². The molecular weight excluding hydrogens is 216 g/mol. The van der Waals surface area contributed by atoms with Crippen LogP contribution in [0, 0.1) is 0 Å². The number of hydrogen-bond donors (Lipinski definition) is 0. The summed E-state index contributed by atoms with van der Waals surface area (Å²) in [5.41, 5.74) is 0.659. The second-order valence-electron chi connectivity index (χ2n) is 2.71. The van der Waals surface area contributed by atoms with E-state index in [-0.39, 0.29) is 0 Å². The van der Waals surface area contributed by atoms with Gasteiger partial charge in [-0.3, -0.25) is 0 Å². The zero-order valence-electron chi connectivity index (χ0n) is 8.49. The molecule has 0 atom stereocenters. The Morgan fingerprint density at radius 1 is 1.40 bits per heavy atom. The molecule has 0 unspecified atom stereocenters. The second-order valence-corrected chi connectivity index (χ2v) is 3.12. The molecule has 1 aromatic rings. The average molecular weight is 227 g/mol. The Bertz CT molecular complexity index is 385. The molecule has 0 spiro atoms. The van der Waals surface area contributed by atoms with Crippen molar-refractivity contribution in [3.05, 3.63) is 34.9 Å². The fourth-order valence-corrected chi connectivity index (χ4v) is 1.31. The SMILES string of the molecule is COC(=O)/C=C\c1c(Cl)cccc1OC. The minimum absolute atomic E-state index is 0.433. The molecule has 80 valence electrons. The maximum atomic E-state index is 10.9. The van der Waals surface area contributed by atoms with Crippen molar-refractivity contribution in [2.75, 3.05) is 14.2 Å². The zero-order valence-corrected chi connectivity index (χ0v) is 9.25. The third-order valence-corrected chi connectivity index (χ3v) is 2.15. The Kier molecular flexibility index (Phi) is 4.18. The van der Waals surface area contributed by atoms with E-state index in [2.05, 4.69) is 4.74 Å². The van der Waals surface area contributed by atoms with E-state index in [9.17, 15) is 4.79 Å². The fraction of sp³-hybridized carbons (Fsp3) is 0.182. The van der Waals surface area contributed by atoms with Gasteiger partial charge < -0.3 is 9.47 Å². The van der Waals surface area contributed by atoms with E-state index in [0.29, 0.717) is 16.3 Å². The van der Waals surface area contributed by atoms with Crippen molar-refractivity contribution in [3.63, 3.8) is 0 Å². The lowest BCUT2D eigenvalue weighted by molar-refractivity contribution is -0.134. The summed E-state index contributed by atoms with van der Waals surface area (Å²) in [6.07, 6.45) is 2.86. The molecule has 3 nitrogen and oxygen atoms in total. The Balaban J connectivity index is 3.02. The van der Waals surface area contributed by atoms with Crippen LogP contribution in [0.25, 0.3) is 6.08 Å². The van der Waals surface area contributed by atoms with Gasteiger partial charge in [0.05, 0.1) is 19.2 Å². The highest BCUT2D eigenvalue weighted by Gasteiger charge is 2.04. The molecule has 0 saturated carbocycles. The predicted octanol–water partition coefficient (Wildman–Crippen LogP) is 2.53. The Morgan fingerprint density at radius 2 is 2.13 bits per heavy atom. The van der Waals surface area contributed by atoms with Crippen LogP contribution in [0.15, 0.2) is 24.3 Å². The molecule has 0 N–H and O–H groups in total. The van der Waals surface area contributed by atoms with Crippen molar-refractivity contribution in [1.82, 2.24) is 0 Å². The maximum absolute atomic E-state index is 10.9. The molecule has 0 amide bonds. The minimum Gasteiger partial charge on any atom is -0.496 e. The van der Waals surface area contributed by atoms with Crippen LogP contribution in [-0.4, -0.2) is 20.2 Å². The first-order chi connectivity index (χ1) is 7.19. The Labute approximate surface area is 93.3 Å². The summed E-state index contributed by atoms with van der Waals surface area (Å²) in [6, 6.07) is 5.26. The van der Waals surface area contributed by atoms with Gasteiger partial charge in [0, 0.05) is 11.6 Å². The molecule has 15 heavy (non-hydrogen) atoms. The summed E-state index contributed by atoms with van der Waals surface area (Å²) < 4.78 is 9.58. The van der Waals surface area contributed by atoms with Crippen molar-refractivity contribution < 1.29 is 14.3 Å². The van der Waals surface area contributed by atoms with E-state index >= 15 is 0 Å². The van der Waals surface area contributed by atoms with Crippen LogP contribution in [0.1, 0.15) is 5.56 Å². The van der Waals surface area contributed by atoms with Crippen LogP contribution in [0.4, 0.5) is 0 Å². The normalized spacial score (nSPS) is 10.3. The van der Waals surface area contributed by atoms with Crippen LogP contribution in [0.2, 0.25) is 5.02 Å². The van der Waals surface area contributed by atoms with Gasteiger partial charge in [0.15, 0.2) is 0 Å². The van der Waals surface area contributed by atoms with Crippen molar-refractivity contribution >= 4 is 23.6 Å². The molecular formula is C11H11ClO3. The van der Waals surface area contributed by atoms with Gasteiger partial charge in [-0.25, -0.2) is 4.79 Å². The highest BCUT2D eigenvalue weighted by molar-refractivity contribution is 6.32. The molecule has 1 aromatic carbocycles. The summed E-state index contributed by atoms with van der Waals surface area (Å²) >= 11 is 5.95. The Morgan fingerprint density at radius 3 is 2.73 bits per heavy atom. The van der Waals surface area contributed by atoms with Crippen LogP contribution in [0.3, 0.4) is 0 Å². The predicted molar refractivity (Wildman–Crippen MR) is 59.1 cm³/mol.